The maximum atomic E-state index is 12.8. The number of pyridine rings is 1. The van der Waals surface area contributed by atoms with Gasteiger partial charge >= 0.3 is 0 Å². The Hall–Kier alpha value is -1.79. The summed E-state index contributed by atoms with van der Waals surface area (Å²) in [4.78, 5) is 25.8. The Morgan fingerprint density at radius 3 is 3.04 bits per heavy atom. The van der Waals surface area contributed by atoms with E-state index in [4.69, 9.17) is 0 Å². The molecule has 1 aliphatic heterocycles. The Kier molecular flexibility index (Phi) is 4.58. The lowest BCUT2D eigenvalue weighted by Crippen LogP contribution is -2.36. The van der Waals surface area contributed by atoms with E-state index in [1.54, 1.807) is 17.5 Å². The maximum Gasteiger partial charge on any atom is 0.226 e. The van der Waals surface area contributed by atoms with Crippen LogP contribution in [0.1, 0.15) is 30.0 Å². The Morgan fingerprint density at radius 1 is 1.29 bits per heavy atom. The van der Waals surface area contributed by atoms with Crippen molar-refractivity contribution in [2.45, 2.75) is 25.3 Å². The summed E-state index contributed by atoms with van der Waals surface area (Å²) >= 11 is 1.64. The van der Waals surface area contributed by atoms with Gasteiger partial charge in [-0.2, -0.15) is 0 Å². The van der Waals surface area contributed by atoms with Crippen LogP contribution in [0.4, 0.5) is 0 Å². The largest absolute Gasteiger partial charge is 0.341 e. The van der Waals surface area contributed by atoms with Crippen molar-refractivity contribution in [3.63, 3.8) is 0 Å². The molecule has 0 bridgehead atoms. The van der Waals surface area contributed by atoms with E-state index in [1.807, 2.05) is 17.8 Å². The van der Waals surface area contributed by atoms with Gasteiger partial charge in [-0.25, -0.2) is 4.98 Å². The van der Waals surface area contributed by atoms with Crippen LogP contribution in [0, 0.1) is 5.92 Å². The Labute approximate surface area is 146 Å². The standard InChI is InChI=1S/C18H22N4OS/c23-18(17-9-16(17)14-3-1-4-19-10-14)22-6-2-5-21(7-8-22)11-15-12-24-13-20-15/h1,3-4,10,12-13,16-17H,2,5-9,11H2/t16-,17-/m1/s1. The molecule has 0 aromatic carbocycles. The van der Waals surface area contributed by atoms with Gasteiger partial charge in [0.1, 0.15) is 0 Å². The van der Waals surface area contributed by atoms with Crippen molar-refractivity contribution in [2.75, 3.05) is 26.2 Å². The van der Waals surface area contributed by atoms with Gasteiger partial charge in [0.15, 0.2) is 0 Å². The van der Waals surface area contributed by atoms with Crippen LogP contribution >= 0.6 is 11.3 Å². The third-order valence-electron chi connectivity index (χ3n) is 4.99. The molecule has 0 radical (unpaired) electrons. The predicted molar refractivity (Wildman–Crippen MR) is 93.7 cm³/mol. The molecule has 1 aliphatic carbocycles. The minimum atomic E-state index is 0.166. The molecule has 5 nitrogen and oxygen atoms in total. The molecule has 2 aliphatic rings. The number of hydrogen-bond donors (Lipinski definition) is 0. The van der Waals surface area contributed by atoms with Crippen LogP contribution in [0.2, 0.25) is 0 Å². The molecule has 3 heterocycles. The molecule has 1 amide bonds. The fourth-order valence-corrected chi connectivity index (χ4v) is 4.11. The predicted octanol–water partition coefficient (Wildman–Crippen LogP) is 2.38. The smallest absolute Gasteiger partial charge is 0.226 e. The first kappa shape index (κ1) is 15.7. The highest BCUT2D eigenvalue weighted by Crippen LogP contribution is 2.48. The lowest BCUT2D eigenvalue weighted by molar-refractivity contribution is -0.132. The van der Waals surface area contributed by atoms with Crippen LogP contribution < -0.4 is 0 Å². The number of carbonyl (C=O) groups excluding carboxylic acids is 1. The van der Waals surface area contributed by atoms with Crippen molar-refractivity contribution >= 4 is 17.2 Å². The van der Waals surface area contributed by atoms with Crippen LogP contribution in [0.3, 0.4) is 0 Å². The lowest BCUT2D eigenvalue weighted by atomic mass is 10.1. The van der Waals surface area contributed by atoms with Crippen molar-refractivity contribution in [2.24, 2.45) is 5.92 Å². The molecule has 126 valence electrons. The maximum absolute atomic E-state index is 12.8. The second kappa shape index (κ2) is 6.99. The highest BCUT2D eigenvalue weighted by Gasteiger charge is 2.45. The quantitative estimate of drug-likeness (QED) is 0.856. The summed E-state index contributed by atoms with van der Waals surface area (Å²) < 4.78 is 0. The zero-order valence-corrected chi connectivity index (χ0v) is 14.5. The molecule has 1 saturated carbocycles. The van der Waals surface area contributed by atoms with Gasteiger partial charge in [0, 0.05) is 56.4 Å². The first-order chi connectivity index (χ1) is 11.8. The van der Waals surface area contributed by atoms with Crippen molar-refractivity contribution in [3.05, 3.63) is 46.7 Å². The Bertz CT molecular complexity index is 676. The van der Waals surface area contributed by atoms with E-state index >= 15 is 0 Å². The molecule has 2 atom stereocenters. The second-order valence-electron chi connectivity index (χ2n) is 6.67. The van der Waals surface area contributed by atoms with Crippen LogP contribution in [-0.4, -0.2) is 51.9 Å². The molecule has 2 aromatic rings. The van der Waals surface area contributed by atoms with Crippen molar-refractivity contribution in [3.8, 4) is 0 Å². The summed E-state index contributed by atoms with van der Waals surface area (Å²) in [7, 11) is 0. The van der Waals surface area contributed by atoms with Gasteiger partial charge in [0.05, 0.1) is 11.2 Å². The van der Waals surface area contributed by atoms with Crippen molar-refractivity contribution in [1.29, 1.82) is 0 Å². The molecular formula is C18H22N4OS. The van der Waals surface area contributed by atoms with E-state index in [-0.39, 0.29) is 5.92 Å². The van der Waals surface area contributed by atoms with E-state index in [9.17, 15) is 4.79 Å². The molecule has 2 fully saturated rings. The number of rotatable bonds is 4. The SMILES string of the molecule is O=C([C@@H]1C[C@@H]1c1cccnc1)N1CCCN(Cc2cscn2)CC1. The Morgan fingerprint density at radius 2 is 2.25 bits per heavy atom. The summed E-state index contributed by atoms with van der Waals surface area (Å²) in [5.41, 5.74) is 4.23. The number of amides is 1. The van der Waals surface area contributed by atoms with Crippen LogP contribution in [0.15, 0.2) is 35.4 Å². The molecule has 24 heavy (non-hydrogen) atoms. The van der Waals surface area contributed by atoms with E-state index in [0.29, 0.717) is 11.8 Å². The monoisotopic (exact) mass is 342 g/mol. The fourth-order valence-electron chi connectivity index (χ4n) is 3.56. The molecule has 2 aromatic heterocycles. The molecule has 1 saturated heterocycles. The summed E-state index contributed by atoms with van der Waals surface area (Å²) in [5.74, 6) is 0.874. The van der Waals surface area contributed by atoms with Crippen LogP contribution in [-0.2, 0) is 11.3 Å². The minimum absolute atomic E-state index is 0.166. The Balaban J connectivity index is 1.32. The fraction of sp³-hybridized carbons (Fsp3) is 0.500. The third-order valence-corrected chi connectivity index (χ3v) is 5.62. The molecule has 0 unspecified atom stereocenters. The average molecular weight is 342 g/mol. The number of aromatic nitrogens is 2. The highest BCUT2D eigenvalue weighted by molar-refractivity contribution is 7.07. The first-order valence-corrected chi connectivity index (χ1v) is 9.53. The topological polar surface area (TPSA) is 49.3 Å². The van der Waals surface area contributed by atoms with Crippen LogP contribution in [0.25, 0.3) is 0 Å². The second-order valence-corrected chi connectivity index (χ2v) is 7.39. The minimum Gasteiger partial charge on any atom is -0.341 e. The van der Waals surface area contributed by atoms with Gasteiger partial charge in [-0.15, -0.1) is 11.3 Å². The zero-order chi connectivity index (χ0) is 16.4. The van der Waals surface area contributed by atoms with E-state index in [2.05, 4.69) is 31.2 Å². The zero-order valence-electron chi connectivity index (χ0n) is 13.7. The van der Waals surface area contributed by atoms with Gasteiger partial charge in [0.25, 0.3) is 0 Å². The van der Waals surface area contributed by atoms with E-state index < -0.39 is 0 Å². The molecule has 6 heteroatoms. The van der Waals surface area contributed by atoms with E-state index in [0.717, 1.165) is 51.3 Å². The normalized spacial score (nSPS) is 24.6. The first-order valence-electron chi connectivity index (χ1n) is 8.59. The molecule has 0 spiro atoms. The summed E-state index contributed by atoms with van der Waals surface area (Å²) in [6.07, 6.45) is 5.70. The van der Waals surface area contributed by atoms with Gasteiger partial charge in [-0.3, -0.25) is 14.7 Å². The molecular weight excluding hydrogens is 320 g/mol. The number of thiazole rings is 1. The average Bonchev–Trinajstić information content (AvgIpc) is 3.32. The highest BCUT2D eigenvalue weighted by atomic mass is 32.1. The summed E-state index contributed by atoms with van der Waals surface area (Å²) in [6, 6.07) is 4.04. The molecule has 4 rings (SSSR count). The third kappa shape index (κ3) is 3.49. The van der Waals surface area contributed by atoms with Gasteiger partial charge in [0.2, 0.25) is 5.91 Å². The van der Waals surface area contributed by atoms with Crippen LogP contribution in [0.5, 0.6) is 0 Å². The van der Waals surface area contributed by atoms with Gasteiger partial charge in [-0.1, -0.05) is 6.07 Å². The summed E-state index contributed by atoms with van der Waals surface area (Å²) in [6.45, 7) is 4.58. The molecule has 0 N–H and O–H groups in total. The number of carbonyl (C=O) groups is 1. The van der Waals surface area contributed by atoms with Crippen molar-refractivity contribution < 1.29 is 4.79 Å². The van der Waals surface area contributed by atoms with E-state index in [1.165, 1.54) is 5.56 Å². The van der Waals surface area contributed by atoms with Gasteiger partial charge < -0.3 is 4.90 Å². The summed E-state index contributed by atoms with van der Waals surface area (Å²) in [5, 5.41) is 2.11. The van der Waals surface area contributed by atoms with Gasteiger partial charge in [-0.05, 0) is 30.4 Å². The van der Waals surface area contributed by atoms with Crippen molar-refractivity contribution in [1.82, 2.24) is 19.8 Å². The number of hydrogen-bond acceptors (Lipinski definition) is 5. The number of nitrogens with zero attached hydrogens (tertiary/aromatic N) is 4. The lowest BCUT2D eigenvalue weighted by Gasteiger charge is -2.21.